The quantitative estimate of drug-likeness (QED) is 0.486. The fourth-order valence-electron chi connectivity index (χ4n) is 2.27. The summed E-state index contributed by atoms with van der Waals surface area (Å²) in [6.45, 7) is 1.51. The molecule has 0 aliphatic heterocycles. The van der Waals surface area contributed by atoms with Gasteiger partial charge in [0, 0.05) is 18.4 Å². The summed E-state index contributed by atoms with van der Waals surface area (Å²) in [5, 5.41) is 7.33. The number of hydrogen-bond acceptors (Lipinski definition) is 5. The summed E-state index contributed by atoms with van der Waals surface area (Å²) >= 11 is 0. The van der Waals surface area contributed by atoms with Crippen LogP contribution in [0.3, 0.4) is 0 Å². The molecule has 0 saturated heterocycles. The molecule has 0 aliphatic carbocycles. The van der Waals surface area contributed by atoms with Gasteiger partial charge in [-0.3, -0.25) is 5.10 Å². The van der Waals surface area contributed by atoms with Gasteiger partial charge in [-0.15, -0.1) is 0 Å². The van der Waals surface area contributed by atoms with Crippen LogP contribution >= 0.6 is 0 Å². The number of nitrogens with zero attached hydrogens (tertiary/aromatic N) is 1. The van der Waals surface area contributed by atoms with Gasteiger partial charge in [-0.1, -0.05) is 0 Å². The molecule has 0 radical (unpaired) electrons. The van der Waals surface area contributed by atoms with Crippen LogP contribution in [0, 0.1) is 0 Å². The maximum Gasteiger partial charge on any atom is 0.130 e. The molecule has 0 spiro atoms. The third-order valence-electron chi connectivity index (χ3n) is 3.61. The number of benzene rings is 2. The van der Waals surface area contributed by atoms with Gasteiger partial charge in [0.05, 0.1) is 18.0 Å². The topological polar surface area (TPSA) is 82.4 Å². The SMILES string of the molecule is COCCOc1ccc(-c2cc(COc3ccc(N)cc3)[nH]n2)cc1. The van der Waals surface area contributed by atoms with E-state index < -0.39 is 0 Å². The Morgan fingerprint density at radius 1 is 0.920 bits per heavy atom. The highest BCUT2D eigenvalue weighted by molar-refractivity contribution is 5.60. The number of ether oxygens (including phenoxy) is 3. The third kappa shape index (κ3) is 4.74. The molecule has 0 saturated carbocycles. The first kappa shape index (κ1) is 16.9. The number of hydrogen-bond donors (Lipinski definition) is 2. The average Bonchev–Trinajstić information content (AvgIpc) is 3.11. The van der Waals surface area contributed by atoms with Crippen LogP contribution in [0.4, 0.5) is 5.69 Å². The van der Waals surface area contributed by atoms with E-state index in [0.29, 0.717) is 25.5 Å². The zero-order chi connectivity index (χ0) is 17.5. The molecule has 6 nitrogen and oxygen atoms in total. The third-order valence-corrected chi connectivity index (χ3v) is 3.61. The van der Waals surface area contributed by atoms with Crippen molar-refractivity contribution in [3.63, 3.8) is 0 Å². The fourth-order valence-corrected chi connectivity index (χ4v) is 2.27. The van der Waals surface area contributed by atoms with Crippen molar-refractivity contribution in [2.75, 3.05) is 26.1 Å². The second-order valence-electron chi connectivity index (χ2n) is 5.50. The summed E-state index contributed by atoms with van der Waals surface area (Å²) in [5.41, 5.74) is 9.14. The second kappa shape index (κ2) is 8.21. The van der Waals surface area contributed by atoms with Gasteiger partial charge in [-0.05, 0) is 54.6 Å². The molecule has 3 aromatic rings. The van der Waals surface area contributed by atoms with Crippen molar-refractivity contribution in [1.82, 2.24) is 10.2 Å². The molecule has 2 aromatic carbocycles. The van der Waals surface area contributed by atoms with E-state index in [0.717, 1.165) is 28.5 Å². The van der Waals surface area contributed by atoms with Crippen LogP contribution in [0.2, 0.25) is 0 Å². The Bertz CT molecular complexity index is 782. The van der Waals surface area contributed by atoms with Crippen LogP contribution in [-0.2, 0) is 11.3 Å². The minimum atomic E-state index is 0.412. The van der Waals surface area contributed by atoms with Crippen LogP contribution in [0.1, 0.15) is 5.69 Å². The molecule has 1 heterocycles. The highest BCUT2D eigenvalue weighted by atomic mass is 16.5. The lowest BCUT2D eigenvalue weighted by molar-refractivity contribution is 0.146. The molecule has 1 aromatic heterocycles. The van der Waals surface area contributed by atoms with Crippen LogP contribution in [0.15, 0.2) is 54.6 Å². The van der Waals surface area contributed by atoms with E-state index in [-0.39, 0.29) is 0 Å². The zero-order valence-electron chi connectivity index (χ0n) is 14.1. The van der Waals surface area contributed by atoms with Crippen molar-refractivity contribution >= 4 is 5.69 Å². The molecule has 6 heteroatoms. The Balaban J connectivity index is 1.58. The van der Waals surface area contributed by atoms with E-state index in [1.807, 2.05) is 54.6 Å². The molecule has 0 fully saturated rings. The van der Waals surface area contributed by atoms with Crippen molar-refractivity contribution in [3.05, 3.63) is 60.3 Å². The summed E-state index contributed by atoms with van der Waals surface area (Å²) in [6, 6.07) is 17.1. The summed E-state index contributed by atoms with van der Waals surface area (Å²) < 4.78 is 16.2. The largest absolute Gasteiger partial charge is 0.491 e. The fraction of sp³-hybridized carbons (Fsp3) is 0.211. The predicted octanol–water partition coefficient (Wildman–Crippen LogP) is 3.26. The van der Waals surface area contributed by atoms with E-state index in [4.69, 9.17) is 19.9 Å². The lowest BCUT2D eigenvalue weighted by Gasteiger charge is -2.05. The number of aromatic amines is 1. The van der Waals surface area contributed by atoms with Crippen LogP contribution < -0.4 is 15.2 Å². The minimum Gasteiger partial charge on any atom is -0.491 e. The van der Waals surface area contributed by atoms with E-state index in [2.05, 4.69) is 10.2 Å². The number of nitrogens with two attached hydrogens (primary N) is 1. The Labute approximate surface area is 146 Å². The molecule has 0 aliphatic rings. The highest BCUT2D eigenvalue weighted by Crippen LogP contribution is 2.22. The summed E-state index contributed by atoms with van der Waals surface area (Å²) in [6.07, 6.45) is 0. The van der Waals surface area contributed by atoms with Gasteiger partial charge in [0.2, 0.25) is 0 Å². The second-order valence-corrected chi connectivity index (χ2v) is 5.50. The molecule has 0 amide bonds. The molecule has 130 valence electrons. The summed E-state index contributed by atoms with van der Waals surface area (Å²) in [7, 11) is 1.65. The maximum atomic E-state index is 5.71. The van der Waals surface area contributed by atoms with Gasteiger partial charge < -0.3 is 19.9 Å². The maximum absolute atomic E-state index is 5.71. The smallest absolute Gasteiger partial charge is 0.130 e. The molecule has 0 bridgehead atoms. The van der Waals surface area contributed by atoms with Crippen molar-refractivity contribution in [3.8, 4) is 22.8 Å². The molecular formula is C19H21N3O3. The Hall–Kier alpha value is -2.99. The summed E-state index contributed by atoms with van der Waals surface area (Å²) in [5.74, 6) is 1.58. The Morgan fingerprint density at radius 2 is 1.60 bits per heavy atom. The van der Waals surface area contributed by atoms with E-state index in [9.17, 15) is 0 Å². The van der Waals surface area contributed by atoms with Gasteiger partial charge in [0.15, 0.2) is 0 Å². The van der Waals surface area contributed by atoms with Crippen molar-refractivity contribution in [1.29, 1.82) is 0 Å². The lowest BCUT2D eigenvalue weighted by Crippen LogP contribution is -2.03. The van der Waals surface area contributed by atoms with Crippen LogP contribution in [0.25, 0.3) is 11.3 Å². The van der Waals surface area contributed by atoms with Gasteiger partial charge in [-0.2, -0.15) is 5.10 Å². The van der Waals surface area contributed by atoms with Crippen LogP contribution in [-0.4, -0.2) is 30.5 Å². The van der Waals surface area contributed by atoms with Crippen molar-refractivity contribution in [2.24, 2.45) is 0 Å². The minimum absolute atomic E-state index is 0.412. The zero-order valence-corrected chi connectivity index (χ0v) is 14.1. The normalized spacial score (nSPS) is 10.6. The average molecular weight is 339 g/mol. The number of nitrogen functional groups attached to an aromatic ring is 1. The van der Waals surface area contributed by atoms with Crippen LogP contribution in [0.5, 0.6) is 11.5 Å². The van der Waals surface area contributed by atoms with Gasteiger partial charge in [-0.25, -0.2) is 0 Å². The Morgan fingerprint density at radius 3 is 2.32 bits per heavy atom. The highest BCUT2D eigenvalue weighted by Gasteiger charge is 2.05. The van der Waals surface area contributed by atoms with Gasteiger partial charge in [0.25, 0.3) is 0 Å². The molecule has 3 N–H and O–H groups in total. The standard InChI is InChI=1S/C19H21N3O3/c1-23-10-11-24-17-6-2-14(3-7-17)19-12-16(21-22-19)13-25-18-8-4-15(20)5-9-18/h2-9,12H,10-11,13,20H2,1H3,(H,21,22). The monoisotopic (exact) mass is 339 g/mol. The van der Waals surface area contributed by atoms with E-state index in [1.54, 1.807) is 7.11 Å². The lowest BCUT2D eigenvalue weighted by atomic mass is 10.1. The molecule has 3 rings (SSSR count). The number of H-pyrrole nitrogens is 1. The number of aromatic nitrogens is 2. The Kier molecular flexibility index (Phi) is 5.53. The molecule has 0 unspecified atom stereocenters. The number of nitrogens with one attached hydrogen (secondary N) is 1. The summed E-state index contributed by atoms with van der Waals surface area (Å²) in [4.78, 5) is 0. The predicted molar refractivity (Wildman–Crippen MR) is 96.6 cm³/mol. The van der Waals surface area contributed by atoms with E-state index in [1.165, 1.54) is 0 Å². The number of rotatable bonds is 8. The van der Waals surface area contributed by atoms with E-state index >= 15 is 0 Å². The number of methoxy groups -OCH3 is 1. The first-order valence-corrected chi connectivity index (χ1v) is 7.99. The molecule has 0 atom stereocenters. The molecule has 25 heavy (non-hydrogen) atoms. The molecular weight excluding hydrogens is 318 g/mol. The first-order valence-electron chi connectivity index (χ1n) is 7.99. The first-order chi connectivity index (χ1) is 12.2. The number of anilines is 1. The van der Waals surface area contributed by atoms with Gasteiger partial charge >= 0.3 is 0 Å². The van der Waals surface area contributed by atoms with Crippen molar-refractivity contribution < 1.29 is 14.2 Å². The van der Waals surface area contributed by atoms with Crippen molar-refractivity contribution in [2.45, 2.75) is 6.61 Å². The van der Waals surface area contributed by atoms with Gasteiger partial charge in [0.1, 0.15) is 24.7 Å².